The molecule has 0 amide bonds. The number of hydrogen-bond donors (Lipinski definition) is 1. The van der Waals surface area contributed by atoms with Crippen molar-refractivity contribution in [3.8, 4) is 0 Å². The Morgan fingerprint density at radius 3 is 2.11 bits per heavy atom. The zero-order chi connectivity index (χ0) is 13.9. The van der Waals surface area contributed by atoms with Crippen molar-refractivity contribution in [1.29, 1.82) is 0 Å². The molecule has 0 aromatic carbocycles. The average Bonchev–Trinajstić information content (AvgIpc) is 3.05. The van der Waals surface area contributed by atoms with Gasteiger partial charge in [0.25, 0.3) is 0 Å². The number of nitrogens with zero attached hydrogens (tertiary/aromatic N) is 1. The Hall–Kier alpha value is -0.130. The Morgan fingerprint density at radius 2 is 1.72 bits per heavy atom. The van der Waals surface area contributed by atoms with Gasteiger partial charge in [0.2, 0.25) is 10.0 Å². The minimum atomic E-state index is -3.18. The standard InChI is InChI=1S/C13H28N2O2S/c1-10(2)14-8-12(5)18(16,17)15(11(3)4)9-13-6-7-13/h10-14H,6-9H2,1-5H3. The molecule has 108 valence electrons. The Kier molecular flexibility index (Phi) is 5.62. The lowest BCUT2D eigenvalue weighted by Gasteiger charge is -2.29. The third kappa shape index (κ3) is 4.52. The van der Waals surface area contributed by atoms with E-state index in [0.29, 0.717) is 25.0 Å². The Bertz CT molecular complexity index is 348. The molecule has 1 unspecified atom stereocenters. The van der Waals surface area contributed by atoms with E-state index >= 15 is 0 Å². The first-order chi connectivity index (χ1) is 8.25. The van der Waals surface area contributed by atoms with Gasteiger partial charge in [-0.15, -0.1) is 0 Å². The normalized spacial score (nSPS) is 18.9. The predicted molar refractivity (Wildman–Crippen MR) is 76.1 cm³/mol. The number of nitrogens with one attached hydrogen (secondary N) is 1. The molecule has 1 fully saturated rings. The largest absolute Gasteiger partial charge is 0.313 e. The minimum Gasteiger partial charge on any atom is -0.313 e. The summed E-state index contributed by atoms with van der Waals surface area (Å²) in [6.07, 6.45) is 2.36. The van der Waals surface area contributed by atoms with Crippen molar-refractivity contribution >= 4 is 10.0 Å². The van der Waals surface area contributed by atoms with Gasteiger partial charge in [-0.3, -0.25) is 0 Å². The summed E-state index contributed by atoms with van der Waals surface area (Å²) in [6, 6.07) is 0.371. The van der Waals surface area contributed by atoms with E-state index in [1.807, 2.05) is 27.7 Å². The highest BCUT2D eigenvalue weighted by molar-refractivity contribution is 7.89. The van der Waals surface area contributed by atoms with Crippen LogP contribution in [0.15, 0.2) is 0 Å². The van der Waals surface area contributed by atoms with Crippen LogP contribution in [0.1, 0.15) is 47.5 Å². The Labute approximate surface area is 112 Å². The maximum atomic E-state index is 12.5. The topological polar surface area (TPSA) is 49.4 Å². The van der Waals surface area contributed by atoms with E-state index in [1.165, 1.54) is 12.8 Å². The van der Waals surface area contributed by atoms with Gasteiger partial charge in [0.15, 0.2) is 0 Å². The van der Waals surface area contributed by atoms with Crippen LogP contribution in [0.4, 0.5) is 0 Å². The first kappa shape index (κ1) is 15.9. The van der Waals surface area contributed by atoms with Gasteiger partial charge in [-0.1, -0.05) is 13.8 Å². The summed E-state index contributed by atoms with van der Waals surface area (Å²) in [7, 11) is -3.18. The van der Waals surface area contributed by atoms with Crippen molar-refractivity contribution in [2.75, 3.05) is 13.1 Å². The molecule has 1 atom stereocenters. The second-order valence-corrected chi connectivity index (χ2v) is 8.33. The van der Waals surface area contributed by atoms with Crippen molar-refractivity contribution in [1.82, 2.24) is 9.62 Å². The second-order valence-electron chi connectivity index (χ2n) is 6.03. The lowest BCUT2D eigenvalue weighted by Crippen LogP contribution is -2.46. The van der Waals surface area contributed by atoms with E-state index in [2.05, 4.69) is 5.32 Å². The molecular weight excluding hydrogens is 248 g/mol. The number of sulfonamides is 1. The highest BCUT2D eigenvalue weighted by Crippen LogP contribution is 2.31. The van der Waals surface area contributed by atoms with Crippen molar-refractivity contribution in [3.63, 3.8) is 0 Å². The molecule has 0 saturated heterocycles. The summed E-state index contributed by atoms with van der Waals surface area (Å²) in [4.78, 5) is 0. The molecule has 0 heterocycles. The van der Waals surface area contributed by atoms with Gasteiger partial charge in [-0.2, -0.15) is 4.31 Å². The highest BCUT2D eigenvalue weighted by Gasteiger charge is 2.35. The van der Waals surface area contributed by atoms with Crippen LogP contribution < -0.4 is 5.32 Å². The number of hydrogen-bond acceptors (Lipinski definition) is 3. The molecule has 5 heteroatoms. The highest BCUT2D eigenvalue weighted by atomic mass is 32.2. The molecule has 0 aromatic rings. The summed E-state index contributed by atoms with van der Waals surface area (Å²) < 4.78 is 26.8. The summed E-state index contributed by atoms with van der Waals surface area (Å²) in [5.74, 6) is 0.590. The van der Waals surface area contributed by atoms with Crippen LogP contribution in [0.2, 0.25) is 0 Å². The molecule has 1 aliphatic carbocycles. The van der Waals surface area contributed by atoms with Gasteiger partial charge in [-0.05, 0) is 39.5 Å². The van der Waals surface area contributed by atoms with Crippen LogP contribution in [0.3, 0.4) is 0 Å². The lowest BCUT2D eigenvalue weighted by atomic mass is 10.3. The van der Waals surface area contributed by atoms with Crippen LogP contribution in [-0.2, 0) is 10.0 Å². The molecule has 0 bridgehead atoms. The molecule has 4 nitrogen and oxygen atoms in total. The van der Waals surface area contributed by atoms with Crippen molar-refractivity contribution in [2.24, 2.45) is 5.92 Å². The van der Waals surface area contributed by atoms with Gasteiger partial charge < -0.3 is 5.32 Å². The quantitative estimate of drug-likeness (QED) is 0.736. The predicted octanol–water partition coefficient (Wildman–Crippen LogP) is 1.82. The molecule has 18 heavy (non-hydrogen) atoms. The molecule has 1 saturated carbocycles. The molecule has 0 spiro atoms. The van der Waals surface area contributed by atoms with Gasteiger partial charge in [0.1, 0.15) is 0 Å². The lowest BCUT2D eigenvalue weighted by molar-refractivity contribution is 0.336. The van der Waals surface area contributed by atoms with Gasteiger partial charge >= 0.3 is 0 Å². The van der Waals surface area contributed by atoms with Crippen LogP contribution in [-0.4, -0.2) is 43.1 Å². The van der Waals surface area contributed by atoms with Crippen LogP contribution in [0, 0.1) is 5.92 Å². The SMILES string of the molecule is CC(C)NCC(C)S(=O)(=O)N(CC1CC1)C(C)C. The monoisotopic (exact) mass is 276 g/mol. The van der Waals surface area contributed by atoms with Crippen molar-refractivity contribution in [2.45, 2.75) is 64.8 Å². The molecule has 0 radical (unpaired) electrons. The van der Waals surface area contributed by atoms with Crippen molar-refractivity contribution < 1.29 is 8.42 Å². The molecular formula is C13H28N2O2S. The summed E-state index contributed by atoms with van der Waals surface area (Å²) in [5.41, 5.74) is 0. The van der Waals surface area contributed by atoms with Crippen LogP contribution in [0.5, 0.6) is 0 Å². The second kappa shape index (κ2) is 6.35. The molecule has 0 aliphatic heterocycles. The minimum absolute atomic E-state index is 0.0529. The van der Waals surface area contributed by atoms with Gasteiger partial charge in [0, 0.05) is 25.2 Å². The first-order valence-corrected chi connectivity index (χ1v) is 8.49. The molecule has 1 rings (SSSR count). The van der Waals surface area contributed by atoms with Gasteiger partial charge in [0.05, 0.1) is 5.25 Å². The Morgan fingerprint density at radius 1 is 1.17 bits per heavy atom. The third-order valence-electron chi connectivity index (χ3n) is 3.36. The summed E-state index contributed by atoms with van der Waals surface area (Å²) in [5, 5.41) is 2.85. The third-order valence-corrected chi connectivity index (χ3v) is 5.77. The zero-order valence-corrected chi connectivity index (χ0v) is 13.1. The molecule has 1 aliphatic rings. The summed E-state index contributed by atoms with van der Waals surface area (Å²) in [6.45, 7) is 11.0. The van der Waals surface area contributed by atoms with E-state index in [4.69, 9.17) is 0 Å². The average molecular weight is 276 g/mol. The fourth-order valence-electron chi connectivity index (χ4n) is 1.90. The maximum absolute atomic E-state index is 12.5. The van der Waals surface area contributed by atoms with E-state index in [-0.39, 0.29) is 11.3 Å². The fourth-order valence-corrected chi connectivity index (χ4v) is 3.68. The van der Waals surface area contributed by atoms with E-state index in [1.54, 1.807) is 11.2 Å². The molecule has 1 N–H and O–H groups in total. The zero-order valence-electron chi connectivity index (χ0n) is 12.3. The fraction of sp³-hybridized carbons (Fsp3) is 1.00. The van der Waals surface area contributed by atoms with Crippen molar-refractivity contribution in [3.05, 3.63) is 0 Å². The van der Waals surface area contributed by atoms with E-state index in [0.717, 1.165) is 0 Å². The molecule has 0 aromatic heterocycles. The smallest absolute Gasteiger partial charge is 0.218 e. The summed E-state index contributed by atoms with van der Waals surface area (Å²) >= 11 is 0. The first-order valence-electron chi connectivity index (χ1n) is 6.99. The van der Waals surface area contributed by atoms with E-state index < -0.39 is 10.0 Å². The van der Waals surface area contributed by atoms with Gasteiger partial charge in [-0.25, -0.2) is 8.42 Å². The Balaban J connectivity index is 2.67. The van der Waals surface area contributed by atoms with E-state index in [9.17, 15) is 8.42 Å². The van der Waals surface area contributed by atoms with Crippen LogP contribution >= 0.6 is 0 Å². The van der Waals surface area contributed by atoms with Crippen LogP contribution in [0.25, 0.3) is 0 Å². The number of rotatable bonds is 8. The maximum Gasteiger partial charge on any atom is 0.218 e.